The standard InChI is InChI=1S/C13H16Cl2N2O.ClH/c1-16-2-3-17-13(18)12-7-11(12)8-4-9(14)6-10(15)5-8;/h4-6,11-12,16H,2-3,7H2,1H3,(H,17,18);1H. The molecule has 1 aliphatic carbocycles. The highest BCUT2D eigenvalue weighted by Gasteiger charge is 2.43. The van der Waals surface area contributed by atoms with Gasteiger partial charge in [-0.05, 0) is 43.1 Å². The van der Waals surface area contributed by atoms with Crippen molar-refractivity contribution in [1.29, 1.82) is 0 Å². The van der Waals surface area contributed by atoms with Crippen molar-refractivity contribution in [2.45, 2.75) is 12.3 Å². The first-order chi connectivity index (χ1) is 8.61. The van der Waals surface area contributed by atoms with Crippen LogP contribution in [0.15, 0.2) is 18.2 Å². The predicted octanol–water partition coefficient (Wildman–Crippen LogP) is 2.85. The van der Waals surface area contributed by atoms with Crippen LogP contribution in [-0.2, 0) is 4.79 Å². The van der Waals surface area contributed by atoms with Crippen LogP contribution in [0, 0.1) is 5.92 Å². The molecule has 1 amide bonds. The maximum absolute atomic E-state index is 11.8. The zero-order valence-electron chi connectivity index (χ0n) is 10.6. The molecule has 106 valence electrons. The molecule has 0 heterocycles. The van der Waals surface area contributed by atoms with Gasteiger partial charge in [-0.3, -0.25) is 4.79 Å². The van der Waals surface area contributed by atoms with Crippen LogP contribution in [0.25, 0.3) is 0 Å². The fraction of sp³-hybridized carbons (Fsp3) is 0.462. The number of nitrogens with one attached hydrogen (secondary N) is 2. The first-order valence-corrected chi connectivity index (χ1v) is 6.75. The Hall–Kier alpha value is -0.480. The third-order valence-electron chi connectivity index (χ3n) is 3.11. The highest BCUT2D eigenvalue weighted by Crippen LogP contribution is 2.48. The minimum atomic E-state index is 0. The number of halogens is 3. The van der Waals surface area contributed by atoms with Crippen LogP contribution >= 0.6 is 35.6 Å². The molecule has 0 bridgehead atoms. The van der Waals surface area contributed by atoms with E-state index in [-0.39, 0.29) is 30.2 Å². The fourth-order valence-corrected chi connectivity index (χ4v) is 2.63. The van der Waals surface area contributed by atoms with Gasteiger partial charge in [-0.2, -0.15) is 0 Å². The summed E-state index contributed by atoms with van der Waals surface area (Å²) in [5, 5.41) is 7.15. The fourth-order valence-electron chi connectivity index (χ4n) is 2.08. The van der Waals surface area contributed by atoms with E-state index >= 15 is 0 Å². The van der Waals surface area contributed by atoms with E-state index in [4.69, 9.17) is 23.2 Å². The lowest BCUT2D eigenvalue weighted by atomic mass is 10.1. The molecule has 19 heavy (non-hydrogen) atoms. The van der Waals surface area contributed by atoms with Crippen molar-refractivity contribution < 1.29 is 4.79 Å². The second-order valence-corrected chi connectivity index (χ2v) is 5.42. The Labute approximate surface area is 129 Å². The van der Waals surface area contributed by atoms with Crippen molar-refractivity contribution >= 4 is 41.5 Å². The summed E-state index contributed by atoms with van der Waals surface area (Å²) < 4.78 is 0. The van der Waals surface area contributed by atoms with Crippen LogP contribution in [0.5, 0.6) is 0 Å². The molecule has 1 saturated carbocycles. The lowest BCUT2D eigenvalue weighted by Gasteiger charge is -2.05. The van der Waals surface area contributed by atoms with E-state index < -0.39 is 0 Å². The van der Waals surface area contributed by atoms with Crippen LogP contribution in [-0.4, -0.2) is 26.0 Å². The number of hydrogen-bond acceptors (Lipinski definition) is 2. The van der Waals surface area contributed by atoms with Crippen molar-refractivity contribution in [1.82, 2.24) is 10.6 Å². The summed E-state index contributed by atoms with van der Waals surface area (Å²) >= 11 is 11.9. The van der Waals surface area contributed by atoms with Crippen LogP contribution in [0.2, 0.25) is 10.0 Å². The predicted molar refractivity (Wildman–Crippen MR) is 81.5 cm³/mol. The lowest BCUT2D eigenvalue weighted by Crippen LogP contribution is -2.31. The zero-order chi connectivity index (χ0) is 13.1. The summed E-state index contributed by atoms with van der Waals surface area (Å²) in [6.45, 7) is 1.45. The Bertz CT molecular complexity index is 433. The third kappa shape index (κ3) is 4.53. The number of hydrogen-bond donors (Lipinski definition) is 2. The number of likely N-dealkylation sites (N-methyl/N-ethyl adjacent to an activating group) is 1. The molecule has 2 atom stereocenters. The van der Waals surface area contributed by atoms with E-state index in [0.29, 0.717) is 16.6 Å². The molecule has 1 aliphatic rings. The van der Waals surface area contributed by atoms with E-state index in [2.05, 4.69) is 10.6 Å². The van der Waals surface area contributed by atoms with Crippen LogP contribution < -0.4 is 10.6 Å². The summed E-state index contributed by atoms with van der Waals surface area (Å²) in [4.78, 5) is 11.8. The number of benzene rings is 1. The minimum Gasteiger partial charge on any atom is -0.355 e. The van der Waals surface area contributed by atoms with Gasteiger partial charge in [-0.25, -0.2) is 0 Å². The molecule has 2 rings (SSSR count). The molecule has 1 aromatic rings. The van der Waals surface area contributed by atoms with E-state index in [1.165, 1.54) is 0 Å². The summed E-state index contributed by atoms with van der Waals surface area (Å²) in [7, 11) is 1.86. The molecule has 0 aliphatic heterocycles. The van der Waals surface area contributed by atoms with E-state index in [1.807, 2.05) is 19.2 Å². The molecule has 1 fully saturated rings. The Morgan fingerprint density at radius 1 is 1.26 bits per heavy atom. The average Bonchev–Trinajstić information content (AvgIpc) is 3.07. The zero-order valence-corrected chi connectivity index (χ0v) is 12.9. The molecule has 0 aromatic heterocycles. The Kier molecular flexibility index (Phi) is 6.40. The molecule has 0 spiro atoms. The monoisotopic (exact) mass is 322 g/mol. The van der Waals surface area contributed by atoms with Crippen LogP contribution in [0.3, 0.4) is 0 Å². The van der Waals surface area contributed by atoms with Gasteiger partial charge >= 0.3 is 0 Å². The lowest BCUT2D eigenvalue weighted by molar-refractivity contribution is -0.122. The highest BCUT2D eigenvalue weighted by atomic mass is 35.5. The van der Waals surface area contributed by atoms with Gasteiger partial charge in [0.1, 0.15) is 0 Å². The van der Waals surface area contributed by atoms with Gasteiger partial charge in [-0.1, -0.05) is 23.2 Å². The average molecular weight is 324 g/mol. The van der Waals surface area contributed by atoms with Gasteiger partial charge in [0, 0.05) is 29.1 Å². The number of rotatable bonds is 5. The molecule has 2 unspecified atom stereocenters. The third-order valence-corrected chi connectivity index (χ3v) is 3.55. The second kappa shape index (κ2) is 7.34. The molecule has 1 aromatic carbocycles. The van der Waals surface area contributed by atoms with E-state index in [0.717, 1.165) is 18.5 Å². The van der Waals surface area contributed by atoms with Gasteiger partial charge in [-0.15, -0.1) is 12.4 Å². The van der Waals surface area contributed by atoms with Gasteiger partial charge in [0.15, 0.2) is 0 Å². The van der Waals surface area contributed by atoms with Gasteiger partial charge < -0.3 is 10.6 Å². The molecule has 6 heteroatoms. The normalized spacial score (nSPS) is 20.6. The van der Waals surface area contributed by atoms with Crippen molar-refractivity contribution in [2.24, 2.45) is 5.92 Å². The SMILES string of the molecule is CNCCNC(=O)C1CC1c1cc(Cl)cc(Cl)c1.Cl. The smallest absolute Gasteiger partial charge is 0.223 e. The summed E-state index contributed by atoms with van der Waals surface area (Å²) in [6, 6.07) is 5.48. The Morgan fingerprint density at radius 3 is 2.47 bits per heavy atom. The quantitative estimate of drug-likeness (QED) is 0.818. The first-order valence-electron chi connectivity index (χ1n) is 6.00. The first kappa shape index (κ1) is 16.6. The van der Waals surface area contributed by atoms with Gasteiger partial charge in [0.2, 0.25) is 5.91 Å². The second-order valence-electron chi connectivity index (χ2n) is 4.55. The Balaban J connectivity index is 0.00000180. The topological polar surface area (TPSA) is 41.1 Å². The van der Waals surface area contributed by atoms with E-state index in [9.17, 15) is 4.79 Å². The van der Waals surface area contributed by atoms with Crippen molar-refractivity contribution in [3.63, 3.8) is 0 Å². The molecule has 0 radical (unpaired) electrons. The molecular weight excluding hydrogens is 307 g/mol. The summed E-state index contributed by atoms with van der Waals surface area (Å²) in [5.74, 6) is 0.443. The van der Waals surface area contributed by atoms with E-state index in [1.54, 1.807) is 6.07 Å². The van der Waals surface area contributed by atoms with Crippen molar-refractivity contribution in [3.8, 4) is 0 Å². The van der Waals surface area contributed by atoms with Crippen molar-refractivity contribution in [3.05, 3.63) is 33.8 Å². The molecule has 2 N–H and O–H groups in total. The van der Waals surface area contributed by atoms with Gasteiger partial charge in [0.25, 0.3) is 0 Å². The van der Waals surface area contributed by atoms with Crippen molar-refractivity contribution in [2.75, 3.05) is 20.1 Å². The number of carbonyl (C=O) groups excluding carboxylic acids is 1. The minimum absolute atomic E-state index is 0. The molecule has 3 nitrogen and oxygen atoms in total. The largest absolute Gasteiger partial charge is 0.355 e. The maximum Gasteiger partial charge on any atom is 0.223 e. The highest BCUT2D eigenvalue weighted by molar-refractivity contribution is 6.34. The number of amides is 1. The molecule has 0 saturated heterocycles. The van der Waals surface area contributed by atoms with Gasteiger partial charge in [0.05, 0.1) is 0 Å². The van der Waals surface area contributed by atoms with Crippen LogP contribution in [0.1, 0.15) is 17.9 Å². The number of carbonyl (C=O) groups is 1. The summed E-state index contributed by atoms with van der Waals surface area (Å²) in [6.07, 6.45) is 0.877. The molecular formula is C13H17Cl3N2O. The maximum atomic E-state index is 11.8. The Morgan fingerprint density at radius 2 is 1.89 bits per heavy atom. The summed E-state index contributed by atoms with van der Waals surface area (Å²) in [5.41, 5.74) is 1.06. The van der Waals surface area contributed by atoms with Crippen LogP contribution in [0.4, 0.5) is 0 Å².